The average molecular weight is 217 g/mol. The lowest BCUT2D eigenvalue weighted by atomic mass is 10.1. The van der Waals surface area contributed by atoms with Crippen molar-refractivity contribution < 1.29 is 0 Å². The van der Waals surface area contributed by atoms with Gasteiger partial charge in [-0.15, -0.1) is 0 Å². The van der Waals surface area contributed by atoms with Gasteiger partial charge in [-0.3, -0.25) is 0 Å². The third kappa shape index (κ3) is 2.85. The minimum absolute atomic E-state index is 0.742. The molecule has 1 heteroatoms. The summed E-state index contributed by atoms with van der Waals surface area (Å²) in [5.41, 5.74) is 2.84. The summed E-state index contributed by atoms with van der Waals surface area (Å²) in [6.07, 6.45) is 5.28. The Morgan fingerprint density at radius 3 is 2.38 bits per heavy atom. The maximum absolute atomic E-state index is 3.69. The summed E-state index contributed by atoms with van der Waals surface area (Å²) in [5.74, 6) is 0.856. The molecule has 0 heterocycles. The van der Waals surface area contributed by atoms with Gasteiger partial charge >= 0.3 is 0 Å². The predicted octanol–water partition coefficient (Wildman–Crippen LogP) is 3.53. The van der Waals surface area contributed by atoms with E-state index in [2.05, 4.69) is 43.4 Å². The van der Waals surface area contributed by atoms with Gasteiger partial charge in [0.2, 0.25) is 0 Å². The van der Waals surface area contributed by atoms with Crippen molar-refractivity contribution in [3.8, 4) is 0 Å². The highest BCUT2D eigenvalue weighted by Gasteiger charge is 2.22. The fourth-order valence-electron chi connectivity index (χ4n) is 2.59. The van der Waals surface area contributed by atoms with E-state index in [0.29, 0.717) is 0 Å². The summed E-state index contributed by atoms with van der Waals surface area (Å²) in [6, 6.07) is 9.74. The van der Waals surface area contributed by atoms with Gasteiger partial charge in [-0.25, -0.2) is 0 Å². The highest BCUT2D eigenvalue weighted by Crippen LogP contribution is 2.25. The standard InChI is InChI=1S/C15H23N/c1-3-13-7-9-14(10-8-13)11-16-15-6-4-5-12(15)2/h7-10,12,15-16H,3-6,11H2,1-2H3. The van der Waals surface area contributed by atoms with Crippen LogP contribution in [0.2, 0.25) is 0 Å². The normalized spacial score (nSPS) is 24.9. The first-order valence-electron chi connectivity index (χ1n) is 6.60. The van der Waals surface area contributed by atoms with Crippen LogP contribution in [0.5, 0.6) is 0 Å². The van der Waals surface area contributed by atoms with Crippen LogP contribution in [-0.2, 0) is 13.0 Å². The van der Waals surface area contributed by atoms with Gasteiger partial charge in [0.1, 0.15) is 0 Å². The fourth-order valence-corrected chi connectivity index (χ4v) is 2.59. The van der Waals surface area contributed by atoms with E-state index in [-0.39, 0.29) is 0 Å². The Morgan fingerprint density at radius 1 is 1.12 bits per heavy atom. The van der Waals surface area contributed by atoms with E-state index in [0.717, 1.165) is 24.9 Å². The molecule has 1 aromatic carbocycles. The highest BCUT2D eigenvalue weighted by atomic mass is 14.9. The van der Waals surface area contributed by atoms with Gasteiger partial charge in [-0.1, -0.05) is 44.5 Å². The van der Waals surface area contributed by atoms with E-state index >= 15 is 0 Å². The van der Waals surface area contributed by atoms with E-state index in [1.165, 1.54) is 30.4 Å². The first-order valence-corrected chi connectivity index (χ1v) is 6.60. The molecule has 88 valence electrons. The Hall–Kier alpha value is -0.820. The second kappa shape index (κ2) is 5.49. The van der Waals surface area contributed by atoms with E-state index < -0.39 is 0 Å². The molecule has 0 spiro atoms. The van der Waals surface area contributed by atoms with Crippen LogP contribution in [0.25, 0.3) is 0 Å². The van der Waals surface area contributed by atoms with E-state index in [1.54, 1.807) is 0 Å². The molecule has 0 amide bonds. The summed E-state index contributed by atoms with van der Waals surface area (Å²) in [4.78, 5) is 0. The van der Waals surface area contributed by atoms with Crippen molar-refractivity contribution in [3.63, 3.8) is 0 Å². The number of hydrogen-bond acceptors (Lipinski definition) is 1. The van der Waals surface area contributed by atoms with Gasteiger partial charge in [0.05, 0.1) is 0 Å². The second-order valence-electron chi connectivity index (χ2n) is 5.07. The van der Waals surface area contributed by atoms with Crippen LogP contribution in [0, 0.1) is 5.92 Å². The molecular weight excluding hydrogens is 194 g/mol. The average Bonchev–Trinajstić information content (AvgIpc) is 2.73. The van der Waals surface area contributed by atoms with Crippen molar-refractivity contribution >= 4 is 0 Å². The largest absolute Gasteiger partial charge is 0.310 e. The molecule has 0 radical (unpaired) electrons. The number of rotatable bonds is 4. The minimum atomic E-state index is 0.742. The van der Waals surface area contributed by atoms with Crippen molar-refractivity contribution in [3.05, 3.63) is 35.4 Å². The SMILES string of the molecule is CCc1ccc(CNC2CCCC2C)cc1. The molecule has 1 N–H and O–H groups in total. The molecule has 1 aromatic rings. The Bertz CT molecular complexity index is 315. The van der Waals surface area contributed by atoms with Crippen molar-refractivity contribution in [2.24, 2.45) is 5.92 Å². The Morgan fingerprint density at radius 2 is 1.81 bits per heavy atom. The van der Waals surface area contributed by atoms with Crippen molar-refractivity contribution in [2.75, 3.05) is 0 Å². The lowest BCUT2D eigenvalue weighted by Gasteiger charge is -2.17. The van der Waals surface area contributed by atoms with Gasteiger partial charge in [0.15, 0.2) is 0 Å². The quantitative estimate of drug-likeness (QED) is 0.813. The molecule has 1 aliphatic carbocycles. The van der Waals surface area contributed by atoms with Gasteiger partial charge in [-0.2, -0.15) is 0 Å². The molecule has 0 aliphatic heterocycles. The molecule has 1 saturated carbocycles. The van der Waals surface area contributed by atoms with Crippen molar-refractivity contribution in [1.82, 2.24) is 5.32 Å². The summed E-state index contributed by atoms with van der Waals surface area (Å²) in [7, 11) is 0. The van der Waals surface area contributed by atoms with Gasteiger partial charge in [0, 0.05) is 12.6 Å². The minimum Gasteiger partial charge on any atom is -0.310 e. The monoisotopic (exact) mass is 217 g/mol. The predicted molar refractivity (Wildman–Crippen MR) is 69.5 cm³/mol. The highest BCUT2D eigenvalue weighted by molar-refractivity contribution is 5.22. The zero-order chi connectivity index (χ0) is 11.4. The Labute approximate surface area is 99.3 Å². The Balaban J connectivity index is 1.84. The van der Waals surface area contributed by atoms with Crippen LogP contribution < -0.4 is 5.32 Å². The summed E-state index contributed by atoms with van der Waals surface area (Å²) >= 11 is 0. The van der Waals surface area contributed by atoms with Crippen molar-refractivity contribution in [1.29, 1.82) is 0 Å². The zero-order valence-electron chi connectivity index (χ0n) is 10.5. The molecule has 1 fully saturated rings. The van der Waals surface area contributed by atoms with Crippen LogP contribution in [0.4, 0.5) is 0 Å². The number of benzene rings is 1. The maximum Gasteiger partial charge on any atom is 0.0208 e. The van der Waals surface area contributed by atoms with Gasteiger partial charge in [0.25, 0.3) is 0 Å². The molecule has 1 nitrogen and oxygen atoms in total. The van der Waals surface area contributed by atoms with Gasteiger partial charge in [-0.05, 0) is 36.3 Å². The molecule has 2 atom stereocenters. The van der Waals surface area contributed by atoms with E-state index in [1.807, 2.05) is 0 Å². The summed E-state index contributed by atoms with van der Waals surface area (Å²) in [6.45, 7) is 5.59. The van der Waals surface area contributed by atoms with Crippen LogP contribution >= 0.6 is 0 Å². The summed E-state index contributed by atoms with van der Waals surface area (Å²) in [5, 5.41) is 3.69. The molecule has 2 unspecified atom stereocenters. The maximum atomic E-state index is 3.69. The van der Waals surface area contributed by atoms with E-state index in [9.17, 15) is 0 Å². The van der Waals surface area contributed by atoms with E-state index in [4.69, 9.17) is 0 Å². The molecule has 16 heavy (non-hydrogen) atoms. The van der Waals surface area contributed by atoms with Crippen molar-refractivity contribution in [2.45, 2.75) is 52.1 Å². The number of aryl methyl sites for hydroxylation is 1. The smallest absolute Gasteiger partial charge is 0.0208 e. The molecule has 0 saturated heterocycles. The van der Waals surface area contributed by atoms with Crippen LogP contribution in [0.3, 0.4) is 0 Å². The molecule has 0 aromatic heterocycles. The zero-order valence-corrected chi connectivity index (χ0v) is 10.5. The lowest BCUT2D eigenvalue weighted by molar-refractivity contribution is 0.426. The molecule has 2 rings (SSSR count). The molecule has 0 bridgehead atoms. The number of nitrogens with one attached hydrogen (secondary N) is 1. The third-order valence-corrected chi connectivity index (χ3v) is 3.86. The van der Waals surface area contributed by atoms with Gasteiger partial charge < -0.3 is 5.32 Å². The summed E-state index contributed by atoms with van der Waals surface area (Å²) < 4.78 is 0. The fraction of sp³-hybridized carbons (Fsp3) is 0.600. The third-order valence-electron chi connectivity index (χ3n) is 3.86. The first kappa shape index (κ1) is 11.7. The molecule has 1 aliphatic rings. The second-order valence-corrected chi connectivity index (χ2v) is 5.07. The topological polar surface area (TPSA) is 12.0 Å². The Kier molecular flexibility index (Phi) is 4.00. The van der Waals surface area contributed by atoms with Crippen LogP contribution in [-0.4, -0.2) is 6.04 Å². The van der Waals surface area contributed by atoms with Crippen LogP contribution in [0.15, 0.2) is 24.3 Å². The molecular formula is C15H23N. The van der Waals surface area contributed by atoms with Crippen LogP contribution in [0.1, 0.15) is 44.2 Å². The first-order chi connectivity index (χ1) is 7.79. The number of hydrogen-bond donors (Lipinski definition) is 1. The lowest BCUT2D eigenvalue weighted by Crippen LogP contribution is -2.30.